The first-order chi connectivity index (χ1) is 10.2. The monoisotopic (exact) mass is 318 g/mol. The van der Waals surface area contributed by atoms with Gasteiger partial charge in [0.05, 0.1) is 13.3 Å². The van der Waals surface area contributed by atoms with Crippen LogP contribution in [0.5, 0.6) is 0 Å². The molecule has 2 aromatic rings. The predicted octanol–water partition coefficient (Wildman–Crippen LogP) is 2.85. The van der Waals surface area contributed by atoms with Crippen LogP contribution in [-0.2, 0) is 6.54 Å². The van der Waals surface area contributed by atoms with Crippen LogP contribution in [0.1, 0.15) is 5.56 Å². The van der Waals surface area contributed by atoms with Crippen LogP contribution in [0.2, 0.25) is 5.02 Å². The van der Waals surface area contributed by atoms with Gasteiger partial charge < -0.3 is 10.2 Å². The highest BCUT2D eigenvalue weighted by atomic mass is 35.5. The molecule has 21 heavy (non-hydrogen) atoms. The van der Waals surface area contributed by atoms with Gasteiger partial charge in [0.1, 0.15) is 0 Å². The van der Waals surface area contributed by atoms with E-state index >= 15 is 0 Å². The van der Waals surface area contributed by atoms with E-state index in [0.717, 1.165) is 30.7 Å². The number of thiocarbonyl (C=S) groups is 1. The Balaban J connectivity index is 1.74. The second-order valence-electron chi connectivity index (χ2n) is 4.87. The molecule has 0 bridgehead atoms. The third-order valence-electron chi connectivity index (χ3n) is 3.32. The molecular weight excluding hydrogens is 304 g/mol. The van der Waals surface area contributed by atoms with E-state index in [1.165, 1.54) is 5.56 Å². The van der Waals surface area contributed by atoms with E-state index in [1.807, 2.05) is 53.7 Å². The second-order valence-corrected chi connectivity index (χ2v) is 5.70. The summed E-state index contributed by atoms with van der Waals surface area (Å²) in [5.74, 6) is 0. The van der Waals surface area contributed by atoms with Gasteiger partial charge in [-0.2, -0.15) is 0 Å². The molecule has 1 N–H and O–H groups in total. The number of anilines is 1. The first kappa shape index (κ1) is 14.3. The van der Waals surface area contributed by atoms with Crippen molar-refractivity contribution in [3.8, 4) is 0 Å². The van der Waals surface area contributed by atoms with E-state index in [0.29, 0.717) is 5.02 Å². The fourth-order valence-electron chi connectivity index (χ4n) is 2.28. The van der Waals surface area contributed by atoms with Crippen LogP contribution in [-0.4, -0.2) is 28.3 Å². The molecule has 1 saturated heterocycles. The Labute approximate surface area is 134 Å². The van der Waals surface area contributed by atoms with Gasteiger partial charge >= 0.3 is 0 Å². The fraction of sp³-hybridized carbons (Fsp3) is 0.200. The largest absolute Gasteiger partial charge is 0.349 e. The number of rotatable bonds is 3. The molecule has 6 heteroatoms. The van der Waals surface area contributed by atoms with Crippen LogP contribution in [0.3, 0.4) is 0 Å². The lowest BCUT2D eigenvalue weighted by Gasteiger charge is -2.38. The molecule has 0 spiro atoms. The third kappa shape index (κ3) is 3.50. The lowest BCUT2D eigenvalue weighted by Crippen LogP contribution is -2.55. The second kappa shape index (κ2) is 6.39. The molecule has 1 aromatic carbocycles. The van der Waals surface area contributed by atoms with Gasteiger partial charge in [0.25, 0.3) is 0 Å². The van der Waals surface area contributed by atoms with E-state index in [-0.39, 0.29) is 0 Å². The summed E-state index contributed by atoms with van der Waals surface area (Å²) in [5.41, 5.74) is 2.23. The molecular formula is C15H15ClN4S. The van der Waals surface area contributed by atoms with Gasteiger partial charge in [-0.1, -0.05) is 17.7 Å². The number of aromatic nitrogens is 1. The first-order valence-electron chi connectivity index (χ1n) is 6.64. The molecule has 0 radical (unpaired) electrons. The third-order valence-corrected chi connectivity index (χ3v) is 3.92. The molecule has 0 unspecified atom stereocenters. The number of halogens is 1. The molecule has 1 aliphatic heterocycles. The minimum atomic E-state index is 0.710. The Morgan fingerprint density at radius 3 is 2.81 bits per heavy atom. The normalized spacial score (nSPS) is 15.9. The van der Waals surface area contributed by atoms with Crippen LogP contribution in [0.4, 0.5) is 5.69 Å². The molecule has 1 fully saturated rings. The van der Waals surface area contributed by atoms with Gasteiger partial charge in [0, 0.05) is 29.6 Å². The Morgan fingerprint density at radius 1 is 1.24 bits per heavy atom. The van der Waals surface area contributed by atoms with E-state index in [9.17, 15) is 0 Å². The van der Waals surface area contributed by atoms with Crippen molar-refractivity contribution < 1.29 is 0 Å². The van der Waals surface area contributed by atoms with Gasteiger partial charge in [0.2, 0.25) is 0 Å². The quantitative estimate of drug-likeness (QED) is 0.880. The molecule has 0 atom stereocenters. The summed E-state index contributed by atoms with van der Waals surface area (Å²) in [5, 5.41) is 4.68. The van der Waals surface area contributed by atoms with Crippen molar-refractivity contribution in [1.29, 1.82) is 0 Å². The summed E-state index contributed by atoms with van der Waals surface area (Å²) in [6, 6.07) is 11.8. The van der Waals surface area contributed by atoms with Crippen molar-refractivity contribution in [2.24, 2.45) is 0 Å². The molecule has 0 aliphatic carbocycles. The summed E-state index contributed by atoms with van der Waals surface area (Å²) >= 11 is 11.5. The number of hydrogen-bond acceptors (Lipinski definition) is 3. The maximum atomic E-state index is 6.07. The summed E-state index contributed by atoms with van der Waals surface area (Å²) < 4.78 is 0. The topological polar surface area (TPSA) is 31.4 Å². The zero-order chi connectivity index (χ0) is 14.7. The lowest BCUT2D eigenvalue weighted by atomic mass is 10.2. The number of nitrogens with zero attached hydrogens (tertiary/aromatic N) is 3. The molecule has 0 amide bonds. The number of pyridine rings is 1. The molecule has 1 aliphatic rings. The van der Waals surface area contributed by atoms with Crippen molar-refractivity contribution in [2.75, 3.05) is 18.2 Å². The Morgan fingerprint density at radius 2 is 2.05 bits per heavy atom. The van der Waals surface area contributed by atoms with E-state index in [1.54, 1.807) is 0 Å². The van der Waals surface area contributed by atoms with Crippen LogP contribution >= 0.6 is 23.8 Å². The van der Waals surface area contributed by atoms with Gasteiger partial charge in [0.15, 0.2) is 5.11 Å². The molecule has 2 heterocycles. The van der Waals surface area contributed by atoms with Gasteiger partial charge in [-0.25, -0.2) is 0 Å². The molecule has 3 rings (SSSR count). The van der Waals surface area contributed by atoms with Crippen molar-refractivity contribution >= 4 is 34.6 Å². The molecule has 1 aromatic heterocycles. The Hall–Kier alpha value is -1.69. The highest BCUT2D eigenvalue weighted by Crippen LogP contribution is 2.21. The summed E-state index contributed by atoms with van der Waals surface area (Å²) in [7, 11) is 0. The Bertz CT molecular complexity index is 635. The Kier molecular flexibility index (Phi) is 4.34. The predicted molar refractivity (Wildman–Crippen MR) is 89.2 cm³/mol. The molecule has 0 saturated carbocycles. The highest BCUT2D eigenvalue weighted by Gasteiger charge is 2.21. The standard InChI is InChI=1S/C15H15ClN4S/c16-13-2-1-3-14(8-13)20-11-19(10-18-15(20)21)9-12-4-6-17-7-5-12/h1-8H,9-11H2,(H,18,21). The molecule has 4 nitrogen and oxygen atoms in total. The lowest BCUT2D eigenvalue weighted by molar-refractivity contribution is 0.252. The van der Waals surface area contributed by atoms with Gasteiger partial charge in [-0.15, -0.1) is 0 Å². The zero-order valence-electron chi connectivity index (χ0n) is 11.4. The van der Waals surface area contributed by atoms with E-state index < -0.39 is 0 Å². The smallest absolute Gasteiger partial charge is 0.175 e. The summed E-state index contributed by atoms with van der Waals surface area (Å²) in [6.45, 7) is 2.31. The number of hydrogen-bond donors (Lipinski definition) is 1. The van der Waals surface area contributed by atoms with Crippen molar-refractivity contribution in [1.82, 2.24) is 15.2 Å². The zero-order valence-corrected chi connectivity index (χ0v) is 12.9. The minimum Gasteiger partial charge on any atom is -0.349 e. The average Bonchev–Trinajstić information content (AvgIpc) is 2.50. The molecule has 108 valence electrons. The van der Waals surface area contributed by atoms with Crippen molar-refractivity contribution in [3.63, 3.8) is 0 Å². The van der Waals surface area contributed by atoms with Crippen LogP contribution in [0.25, 0.3) is 0 Å². The number of benzene rings is 1. The van der Waals surface area contributed by atoms with Crippen LogP contribution in [0.15, 0.2) is 48.8 Å². The van der Waals surface area contributed by atoms with Crippen molar-refractivity contribution in [3.05, 3.63) is 59.4 Å². The SMILES string of the molecule is S=C1NCN(Cc2ccncc2)CN1c1cccc(Cl)c1. The van der Waals surface area contributed by atoms with E-state index in [4.69, 9.17) is 23.8 Å². The first-order valence-corrected chi connectivity index (χ1v) is 7.43. The van der Waals surface area contributed by atoms with Crippen molar-refractivity contribution in [2.45, 2.75) is 6.54 Å². The maximum Gasteiger partial charge on any atom is 0.175 e. The minimum absolute atomic E-state index is 0.710. The fourth-order valence-corrected chi connectivity index (χ4v) is 2.70. The summed E-state index contributed by atoms with van der Waals surface area (Å²) in [4.78, 5) is 8.36. The van der Waals surface area contributed by atoms with E-state index in [2.05, 4.69) is 15.2 Å². The summed E-state index contributed by atoms with van der Waals surface area (Å²) in [6.07, 6.45) is 3.62. The number of nitrogens with one attached hydrogen (secondary N) is 1. The average molecular weight is 319 g/mol. The van der Waals surface area contributed by atoms with Crippen LogP contribution < -0.4 is 10.2 Å². The maximum absolute atomic E-state index is 6.07. The van der Waals surface area contributed by atoms with Gasteiger partial charge in [-0.3, -0.25) is 9.88 Å². The van der Waals surface area contributed by atoms with Crippen LogP contribution in [0, 0.1) is 0 Å². The highest BCUT2D eigenvalue weighted by molar-refractivity contribution is 7.80. The van der Waals surface area contributed by atoms with Gasteiger partial charge in [-0.05, 0) is 48.1 Å².